The topological polar surface area (TPSA) is 37.4 Å². The molecule has 0 aliphatic carbocycles. The summed E-state index contributed by atoms with van der Waals surface area (Å²) in [5.41, 5.74) is 0.850. The monoisotopic (exact) mass is 313 g/mol. The highest BCUT2D eigenvalue weighted by Crippen LogP contribution is 2.25. The van der Waals surface area contributed by atoms with E-state index in [4.69, 9.17) is 23.2 Å². The predicted octanol–water partition coefficient (Wildman–Crippen LogP) is 3.51. The summed E-state index contributed by atoms with van der Waals surface area (Å²) in [4.78, 5) is 25.7. The van der Waals surface area contributed by atoms with Gasteiger partial charge in [0.05, 0.1) is 6.04 Å². The van der Waals surface area contributed by atoms with Crippen molar-refractivity contribution >= 4 is 34.9 Å². The van der Waals surface area contributed by atoms with E-state index in [1.165, 1.54) is 0 Å². The van der Waals surface area contributed by atoms with Crippen molar-refractivity contribution in [3.8, 4) is 0 Å². The van der Waals surface area contributed by atoms with Gasteiger partial charge in [-0.3, -0.25) is 9.59 Å². The molecule has 1 aliphatic heterocycles. The van der Waals surface area contributed by atoms with E-state index in [0.717, 1.165) is 12.0 Å². The smallest absolute Gasteiger partial charge is 0.223 e. The van der Waals surface area contributed by atoms with Crippen LogP contribution >= 0.6 is 23.2 Å². The third kappa shape index (κ3) is 3.33. The molecule has 0 radical (unpaired) electrons. The number of carbonyl (C=O) groups excluding carboxylic acids is 2. The van der Waals surface area contributed by atoms with E-state index in [1.54, 1.807) is 17.0 Å². The van der Waals surface area contributed by atoms with Crippen molar-refractivity contribution in [1.29, 1.82) is 0 Å². The van der Waals surface area contributed by atoms with E-state index in [0.29, 0.717) is 35.9 Å². The second-order valence-electron chi connectivity index (χ2n) is 4.97. The number of carbonyl (C=O) groups is 2. The van der Waals surface area contributed by atoms with E-state index in [1.807, 2.05) is 13.0 Å². The number of hydrogen-bond donors (Lipinski definition) is 0. The molecule has 2 rings (SSSR count). The van der Waals surface area contributed by atoms with Gasteiger partial charge in [-0.25, -0.2) is 0 Å². The number of likely N-dealkylation sites (tertiary alicyclic amines) is 1. The van der Waals surface area contributed by atoms with Gasteiger partial charge in [-0.05, 0) is 24.1 Å². The number of amides is 1. The Morgan fingerprint density at radius 3 is 2.70 bits per heavy atom. The van der Waals surface area contributed by atoms with Gasteiger partial charge in [-0.15, -0.1) is 0 Å². The molecule has 1 aliphatic rings. The molecule has 1 amide bonds. The molecule has 3 nitrogen and oxygen atoms in total. The third-order valence-electron chi connectivity index (χ3n) is 3.63. The summed E-state index contributed by atoms with van der Waals surface area (Å²) in [6, 6.07) is 4.83. The first-order valence-corrected chi connectivity index (χ1v) is 7.54. The quantitative estimate of drug-likeness (QED) is 0.834. The highest BCUT2D eigenvalue weighted by atomic mass is 35.5. The molecule has 108 valence electrons. The predicted molar refractivity (Wildman–Crippen MR) is 80.2 cm³/mol. The Hall–Kier alpha value is -1.06. The molecule has 0 aromatic heterocycles. The zero-order valence-corrected chi connectivity index (χ0v) is 12.9. The average molecular weight is 314 g/mol. The summed E-state index contributed by atoms with van der Waals surface area (Å²) in [7, 11) is 0. The lowest BCUT2D eigenvalue weighted by Crippen LogP contribution is -2.43. The number of ketones is 1. The fourth-order valence-electron chi connectivity index (χ4n) is 2.53. The molecule has 0 N–H and O–H groups in total. The van der Waals surface area contributed by atoms with Crippen molar-refractivity contribution in [2.24, 2.45) is 0 Å². The summed E-state index contributed by atoms with van der Waals surface area (Å²) >= 11 is 12.0. The van der Waals surface area contributed by atoms with Crippen LogP contribution in [0, 0.1) is 0 Å². The summed E-state index contributed by atoms with van der Waals surface area (Å²) in [6.45, 7) is 2.47. The van der Waals surface area contributed by atoms with Crippen LogP contribution < -0.4 is 0 Å². The van der Waals surface area contributed by atoms with Crippen LogP contribution in [0.15, 0.2) is 18.2 Å². The summed E-state index contributed by atoms with van der Waals surface area (Å²) in [6.07, 6.45) is 2.22. The lowest BCUT2D eigenvalue weighted by Gasteiger charge is -2.26. The maximum Gasteiger partial charge on any atom is 0.223 e. The Morgan fingerprint density at radius 1 is 1.40 bits per heavy atom. The second-order valence-corrected chi connectivity index (χ2v) is 5.81. The van der Waals surface area contributed by atoms with Crippen molar-refractivity contribution in [3.05, 3.63) is 33.8 Å². The van der Waals surface area contributed by atoms with Crippen molar-refractivity contribution in [3.63, 3.8) is 0 Å². The van der Waals surface area contributed by atoms with E-state index >= 15 is 0 Å². The van der Waals surface area contributed by atoms with Crippen LogP contribution in [-0.2, 0) is 16.0 Å². The summed E-state index contributed by atoms with van der Waals surface area (Å²) in [5, 5.41) is 1.10. The molecule has 0 saturated carbocycles. The fourth-order valence-corrected chi connectivity index (χ4v) is 3.01. The van der Waals surface area contributed by atoms with E-state index in [2.05, 4.69) is 0 Å². The van der Waals surface area contributed by atoms with Gasteiger partial charge in [0, 0.05) is 35.9 Å². The minimum absolute atomic E-state index is 0.0573. The van der Waals surface area contributed by atoms with Gasteiger partial charge >= 0.3 is 0 Å². The summed E-state index contributed by atoms with van der Waals surface area (Å²) < 4.78 is 0. The molecular formula is C15H17Cl2NO2. The number of halogens is 2. The number of benzene rings is 1. The molecule has 0 bridgehead atoms. The Bertz CT molecular complexity index is 531. The minimum Gasteiger partial charge on any atom is -0.332 e. The lowest BCUT2D eigenvalue weighted by atomic mass is 9.99. The van der Waals surface area contributed by atoms with Gasteiger partial charge in [-0.2, -0.15) is 0 Å². The molecule has 1 aromatic carbocycles. The molecule has 20 heavy (non-hydrogen) atoms. The highest BCUT2D eigenvalue weighted by Gasteiger charge is 2.32. The maximum atomic E-state index is 12.2. The maximum absolute atomic E-state index is 12.2. The number of rotatable bonds is 5. The van der Waals surface area contributed by atoms with Crippen LogP contribution in [0.1, 0.15) is 31.7 Å². The van der Waals surface area contributed by atoms with Gasteiger partial charge in [0.25, 0.3) is 0 Å². The second kappa shape index (κ2) is 6.59. The first-order valence-electron chi connectivity index (χ1n) is 6.79. The molecule has 1 heterocycles. The van der Waals surface area contributed by atoms with E-state index < -0.39 is 6.04 Å². The van der Waals surface area contributed by atoms with Crippen molar-refractivity contribution < 1.29 is 9.59 Å². The first kappa shape index (κ1) is 15.3. The lowest BCUT2D eigenvalue weighted by molar-refractivity contribution is -0.136. The third-order valence-corrected chi connectivity index (χ3v) is 4.22. The first-order chi connectivity index (χ1) is 9.52. The standard InChI is InChI=1S/C15H17Cl2NO2/c1-2-14(19)13(18-7-3-4-15(18)20)8-10-5-6-11(16)9-12(10)17/h5-6,9,13H,2-4,7-8H2,1H3/t13-/m1/s1. The van der Waals surface area contributed by atoms with Crippen molar-refractivity contribution in [2.75, 3.05) is 6.54 Å². The zero-order valence-electron chi connectivity index (χ0n) is 11.4. The van der Waals surface area contributed by atoms with Gasteiger partial charge in [0.2, 0.25) is 5.91 Å². The molecule has 1 aromatic rings. The van der Waals surface area contributed by atoms with E-state index in [9.17, 15) is 9.59 Å². The fraction of sp³-hybridized carbons (Fsp3) is 0.467. The molecule has 0 unspecified atom stereocenters. The molecular weight excluding hydrogens is 297 g/mol. The Labute approximate surface area is 128 Å². The Balaban J connectivity index is 2.23. The number of Topliss-reactive ketones (excluding diaryl/α,β-unsaturated/α-hetero) is 1. The Morgan fingerprint density at radius 2 is 2.15 bits per heavy atom. The zero-order chi connectivity index (χ0) is 14.7. The van der Waals surface area contributed by atoms with Crippen LogP contribution in [0.2, 0.25) is 10.0 Å². The molecule has 1 saturated heterocycles. The van der Waals surface area contributed by atoms with Gasteiger partial charge in [0.15, 0.2) is 5.78 Å². The van der Waals surface area contributed by atoms with Gasteiger partial charge in [-0.1, -0.05) is 36.2 Å². The molecule has 1 fully saturated rings. The van der Waals surface area contributed by atoms with Crippen molar-refractivity contribution in [1.82, 2.24) is 4.90 Å². The largest absolute Gasteiger partial charge is 0.332 e. The van der Waals surface area contributed by atoms with Gasteiger partial charge < -0.3 is 4.90 Å². The number of hydrogen-bond acceptors (Lipinski definition) is 2. The van der Waals surface area contributed by atoms with Crippen LogP contribution in [0.5, 0.6) is 0 Å². The van der Waals surface area contributed by atoms with Crippen LogP contribution in [0.3, 0.4) is 0 Å². The van der Waals surface area contributed by atoms with Crippen molar-refractivity contribution in [2.45, 2.75) is 38.6 Å². The molecule has 5 heteroatoms. The highest BCUT2D eigenvalue weighted by molar-refractivity contribution is 6.35. The normalized spacial score (nSPS) is 16.6. The summed E-state index contributed by atoms with van der Waals surface area (Å²) in [5.74, 6) is 0.133. The van der Waals surface area contributed by atoms with Crippen LogP contribution in [-0.4, -0.2) is 29.2 Å². The minimum atomic E-state index is -0.409. The SMILES string of the molecule is CCC(=O)[C@@H](Cc1ccc(Cl)cc1Cl)N1CCCC1=O. The molecule has 0 spiro atoms. The van der Waals surface area contributed by atoms with Crippen LogP contribution in [0.4, 0.5) is 0 Å². The molecule has 1 atom stereocenters. The average Bonchev–Trinajstić information content (AvgIpc) is 2.83. The van der Waals surface area contributed by atoms with Gasteiger partial charge in [0.1, 0.15) is 0 Å². The van der Waals surface area contributed by atoms with E-state index in [-0.39, 0.29) is 11.7 Å². The number of nitrogens with zero attached hydrogens (tertiary/aromatic N) is 1. The van der Waals surface area contributed by atoms with Crippen LogP contribution in [0.25, 0.3) is 0 Å². The Kier molecular flexibility index (Phi) is 5.06.